The summed E-state index contributed by atoms with van der Waals surface area (Å²) in [6.45, 7) is 2.01. The third-order valence-corrected chi connectivity index (χ3v) is 4.39. The molecule has 2 aromatic carbocycles. The smallest absolute Gasteiger partial charge is 0.361 e. The molecular weight excluding hydrogens is 352 g/mol. The van der Waals surface area contributed by atoms with Gasteiger partial charge in [0.25, 0.3) is 0 Å². The molecule has 2 aromatic heterocycles. The second-order valence-electron chi connectivity index (χ2n) is 6.42. The van der Waals surface area contributed by atoms with Crippen molar-refractivity contribution in [1.82, 2.24) is 10.1 Å². The van der Waals surface area contributed by atoms with Gasteiger partial charge in [-0.2, -0.15) is 0 Å². The standard InChI is InChI=1S/C23H18N2O3/c1-16-7-9-17(10-8-16)21-15-20(25-28-21)23(26)27-22(18-5-3-2-4-6-18)19-11-13-24-14-12-19/h2-15,22H,1H3. The largest absolute Gasteiger partial charge is 0.448 e. The number of aromatic nitrogens is 2. The Morgan fingerprint density at radius 3 is 2.32 bits per heavy atom. The minimum absolute atomic E-state index is 0.130. The van der Waals surface area contributed by atoms with E-state index < -0.39 is 12.1 Å². The highest BCUT2D eigenvalue weighted by Crippen LogP contribution is 2.27. The van der Waals surface area contributed by atoms with Crippen molar-refractivity contribution in [1.29, 1.82) is 0 Å². The maximum Gasteiger partial charge on any atom is 0.361 e. The summed E-state index contributed by atoms with van der Waals surface area (Å²) in [5, 5.41) is 3.89. The van der Waals surface area contributed by atoms with Crippen LogP contribution in [0.25, 0.3) is 11.3 Å². The monoisotopic (exact) mass is 370 g/mol. The molecule has 0 aliphatic rings. The van der Waals surface area contributed by atoms with E-state index in [-0.39, 0.29) is 5.69 Å². The zero-order chi connectivity index (χ0) is 19.3. The van der Waals surface area contributed by atoms with E-state index in [2.05, 4.69) is 10.1 Å². The molecule has 0 spiro atoms. The van der Waals surface area contributed by atoms with Crippen molar-refractivity contribution < 1.29 is 14.1 Å². The first-order valence-electron chi connectivity index (χ1n) is 8.90. The van der Waals surface area contributed by atoms with E-state index in [1.54, 1.807) is 18.5 Å². The first kappa shape index (κ1) is 17.7. The van der Waals surface area contributed by atoms with Gasteiger partial charge in [-0.3, -0.25) is 4.98 Å². The van der Waals surface area contributed by atoms with Gasteiger partial charge in [-0.25, -0.2) is 4.79 Å². The van der Waals surface area contributed by atoms with Crippen molar-refractivity contribution in [3.8, 4) is 11.3 Å². The highest BCUT2D eigenvalue weighted by molar-refractivity contribution is 5.88. The molecule has 4 rings (SSSR count). The van der Waals surface area contributed by atoms with Gasteiger partial charge < -0.3 is 9.26 Å². The van der Waals surface area contributed by atoms with Gasteiger partial charge in [-0.05, 0) is 24.6 Å². The molecule has 5 nitrogen and oxygen atoms in total. The number of benzene rings is 2. The molecule has 0 amide bonds. The summed E-state index contributed by atoms with van der Waals surface area (Å²) in [6, 6.07) is 22.6. The Morgan fingerprint density at radius 1 is 0.929 bits per heavy atom. The van der Waals surface area contributed by atoms with Gasteiger partial charge in [0.2, 0.25) is 0 Å². The Hall–Kier alpha value is -3.73. The number of carbonyl (C=O) groups is 1. The van der Waals surface area contributed by atoms with E-state index in [0.717, 1.165) is 22.3 Å². The number of hydrogen-bond acceptors (Lipinski definition) is 5. The summed E-state index contributed by atoms with van der Waals surface area (Å²) in [5.74, 6) is -0.0279. The fraction of sp³-hybridized carbons (Fsp3) is 0.0870. The first-order chi connectivity index (χ1) is 13.7. The van der Waals surface area contributed by atoms with Crippen LogP contribution >= 0.6 is 0 Å². The number of aryl methyl sites for hydroxylation is 1. The maximum absolute atomic E-state index is 12.7. The van der Waals surface area contributed by atoms with Crippen molar-refractivity contribution in [3.05, 3.63) is 108 Å². The quantitative estimate of drug-likeness (QED) is 0.463. The minimum Gasteiger partial charge on any atom is -0.448 e. The van der Waals surface area contributed by atoms with Crippen LogP contribution in [0.3, 0.4) is 0 Å². The molecule has 0 fully saturated rings. The number of pyridine rings is 1. The predicted molar refractivity (Wildman–Crippen MR) is 105 cm³/mol. The Labute approximate surface area is 162 Å². The number of ether oxygens (including phenoxy) is 1. The molecule has 0 radical (unpaired) electrons. The van der Waals surface area contributed by atoms with Gasteiger partial charge in [0, 0.05) is 29.6 Å². The molecule has 138 valence electrons. The second-order valence-corrected chi connectivity index (χ2v) is 6.42. The lowest BCUT2D eigenvalue weighted by molar-refractivity contribution is 0.0366. The lowest BCUT2D eigenvalue weighted by Gasteiger charge is -2.18. The van der Waals surface area contributed by atoms with Gasteiger partial charge in [-0.1, -0.05) is 65.3 Å². The lowest BCUT2D eigenvalue weighted by atomic mass is 10.0. The van der Waals surface area contributed by atoms with Crippen LogP contribution < -0.4 is 0 Å². The summed E-state index contributed by atoms with van der Waals surface area (Å²) in [4.78, 5) is 16.8. The molecule has 5 heteroatoms. The maximum atomic E-state index is 12.7. The van der Waals surface area contributed by atoms with Gasteiger partial charge in [0.1, 0.15) is 0 Å². The van der Waals surface area contributed by atoms with Gasteiger partial charge in [0.15, 0.2) is 17.6 Å². The third kappa shape index (κ3) is 3.83. The average Bonchev–Trinajstić information content (AvgIpc) is 3.24. The van der Waals surface area contributed by atoms with Crippen molar-refractivity contribution >= 4 is 5.97 Å². The molecule has 4 aromatic rings. The van der Waals surface area contributed by atoms with Crippen LogP contribution in [0.15, 0.2) is 89.7 Å². The van der Waals surface area contributed by atoms with E-state index in [0.29, 0.717) is 5.76 Å². The Morgan fingerprint density at radius 2 is 1.61 bits per heavy atom. The Balaban J connectivity index is 1.59. The number of esters is 1. The number of nitrogens with zero attached hydrogens (tertiary/aromatic N) is 2. The topological polar surface area (TPSA) is 65.2 Å². The normalized spacial score (nSPS) is 11.8. The van der Waals surface area contributed by atoms with Gasteiger partial charge in [0.05, 0.1) is 0 Å². The first-order valence-corrected chi connectivity index (χ1v) is 8.90. The van der Waals surface area contributed by atoms with Crippen LogP contribution in [0.1, 0.15) is 33.3 Å². The number of hydrogen-bond donors (Lipinski definition) is 0. The van der Waals surface area contributed by atoms with Crippen LogP contribution in [0.4, 0.5) is 0 Å². The molecule has 1 atom stereocenters. The zero-order valence-electron chi connectivity index (χ0n) is 15.3. The van der Waals surface area contributed by atoms with Gasteiger partial charge in [-0.15, -0.1) is 0 Å². The van der Waals surface area contributed by atoms with Crippen LogP contribution in [0.2, 0.25) is 0 Å². The van der Waals surface area contributed by atoms with E-state index in [9.17, 15) is 4.79 Å². The van der Waals surface area contributed by atoms with Crippen LogP contribution in [-0.2, 0) is 4.74 Å². The molecule has 0 aliphatic carbocycles. The molecule has 28 heavy (non-hydrogen) atoms. The minimum atomic E-state index is -0.559. The average molecular weight is 370 g/mol. The second kappa shape index (κ2) is 7.88. The summed E-state index contributed by atoms with van der Waals surface area (Å²) in [5.41, 5.74) is 3.82. The third-order valence-electron chi connectivity index (χ3n) is 4.39. The molecule has 1 unspecified atom stereocenters. The fourth-order valence-corrected chi connectivity index (χ4v) is 2.89. The van der Waals surface area contributed by atoms with E-state index in [1.807, 2.05) is 73.7 Å². The van der Waals surface area contributed by atoms with E-state index >= 15 is 0 Å². The SMILES string of the molecule is Cc1ccc(-c2cc(C(=O)OC(c3ccccc3)c3ccncc3)no2)cc1. The number of carbonyl (C=O) groups excluding carboxylic acids is 1. The molecule has 2 heterocycles. The van der Waals surface area contributed by atoms with E-state index in [4.69, 9.17) is 9.26 Å². The summed E-state index contributed by atoms with van der Waals surface area (Å²) in [7, 11) is 0. The Kier molecular flexibility index (Phi) is 4.97. The summed E-state index contributed by atoms with van der Waals surface area (Å²) >= 11 is 0. The van der Waals surface area contributed by atoms with Crippen LogP contribution in [0.5, 0.6) is 0 Å². The van der Waals surface area contributed by atoms with Crippen LogP contribution in [-0.4, -0.2) is 16.1 Å². The highest BCUT2D eigenvalue weighted by Gasteiger charge is 2.22. The van der Waals surface area contributed by atoms with Gasteiger partial charge >= 0.3 is 5.97 Å². The molecule has 0 saturated heterocycles. The zero-order valence-corrected chi connectivity index (χ0v) is 15.3. The molecule has 0 bridgehead atoms. The van der Waals surface area contributed by atoms with Crippen molar-refractivity contribution in [2.24, 2.45) is 0 Å². The summed E-state index contributed by atoms with van der Waals surface area (Å²) < 4.78 is 11.1. The molecule has 0 N–H and O–H groups in total. The van der Waals surface area contributed by atoms with Crippen molar-refractivity contribution in [2.45, 2.75) is 13.0 Å². The Bertz CT molecular complexity index is 1020. The van der Waals surface area contributed by atoms with Crippen molar-refractivity contribution in [2.75, 3.05) is 0 Å². The molecule has 0 aliphatic heterocycles. The molecular formula is C23H18N2O3. The summed E-state index contributed by atoms with van der Waals surface area (Å²) in [6.07, 6.45) is 2.78. The fourth-order valence-electron chi connectivity index (χ4n) is 2.89. The number of rotatable bonds is 5. The predicted octanol–water partition coefficient (Wildman–Crippen LogP) is 4.99. The lowest BCUT2D eigenvalue weighted by Crippen LogP contribution is -2.13. The van der Waals surface area contributed by atoms with Crippen molar-refractivity contribution in [3.63, 3.8) is 0 Å². The van der Waals surface area contributed by atoms with Crippen LogP contribution in [0, 0.1) is 6.92 Å². The highest BCUT2D eigenvalue weighted by atomic mass is 16.5. The molecule has 0 saturated carbocycles. The van der Waals surface area contributed by atoms with E-state index in [1.165, 1.54) is 0 Å².